The smallest absolute Gasteiger partial charge is 0.123 e. The third kappa shape index (κ3) is 3.53. The van der Waals surface area contributed by atoms with Crippen LogP contribution in [0.4, 0.5) is 0 Å². The molecule has 0 saturated carbocycles. The first-order chi connectivity index (χ1) is 9.61. The molecule has 0 saturated heterocycles. The number of hydrogen-bond donors (Lipinski definition) is 1. The van der Waals surface area contributed by atoms with Crippen LogP contribution >= 0.6 is 11.6 Å². The summed E-state index contributed by atoms with van der Waals surface area (Å²) in [7, 11) is 1.68. The van der Waals surface area contributed by atoms with E-state index in [0.717, 1.165) is 22.9 Å². The van der Waals surface area contributed by atoms with Gasteiger partial charge >= 0.3 is 0 Å². The van der Waals surface area contributed by atoms with Crippen molar-refractivity contribution in [3.8, 4) is 5.75 Å². The van der Waals surface area contributed by atoms with Crippen LogP contribution in [0.3, 0.4) is 0 Å². The summed E-state index contributed by atoms with van der Waals surface area (Å²) in [5, 5.41) is 4.25. The van der Waals surface area contributed by atoms with Crippen LogP contribution in [-0.2, 0) is 6.54 Å². The topological polar surface area (TPSA) is 21.3 Å². The number of aryl methyl sites for hydroxylation is 1. The summed E-state index contributed by atoms with van der Waals surface area (Å²) < 4.78 is 5.36. The van der Waals surface area contributed by atoms with Gasteiger partial charge in [-0.05, 0) is 43.2 Å². The molecule has 0 heterocycles. The lowest BCUT2D eigenvalue weighted by Gasteiger charge is -2.17. The van der Waals surface area contributed by atoms with Gasteiger partial charge in [0.1, 0.15) is 5.75 Å². The fourth-order valence-electron chi connectivity index (χ4n) is 2.33. The van der Waals surface area contributed by atoms with Gasteiger partial charge in [-0.15, -0.1) is 0 Å². The highest BCUT2D eigenvalue weighted by molar-refractivity contribution is 6.30. The number of benzene rings is 2. The molecular formula is C17H20ClNO. The van der Waals surface area contributed by atoms with E-state index < -0.39 is 0 Å². The minimum absolute atomic E-state index is 0.278. The fourth-order valence-corrected chi connectivity index (χ4v) is 2.53. The Hall–Kier alpha value is -1.51. The monoisotopic (exact) mass is 289 g/mol. The van der Waals surface area contributed by atoms with Crippen LogP contribution in [0.2, 0.25) is 5.02 Å². The molecule has 2 aromatic carbocycles. The van der Waals surface area contributed by atoms with Gasteiger partial charge in [-0.2, -0.15) is 0 Å². The van der Waals surface area contributed by atoms with E-state index in [0.29, 0.717) is 0 Å². The molecule has 0 unspecified atom stereocenters. The highest BCUT2D eigenvalue weighted by Crippen LogP contribution is 2.24. The summed E-state index contributed by atoms with van der Waals surface area (Å²) in [5.41, 5.74) is 3.68. The Kier molecular flexibility index (Phi) is 5.05. The van der Waals surface area contributed by atoms with E-state index in [9.17, 15) is 0 Å². The van der Waals surface area contributed by atoms with Gasteiger partial charge in [-0.1, -0.05) is 35.9 Å². The molecular weight excluding hydrogens is 270 g/mol. The zero-order valence-corrected chi connectivity index (χ0v) is 12.9. The molecule has 2 rings (SSSR count). The third-order valence-corrected chi connectivity index (χ3v) is 3.73. The highest BCUT2D eigenvalue weighted by atomic mass is 35.5. The van der Waals surface area contributed by atoms with Gasteiger partial charge < -0.3 is 10.1 Å². The first kappa shape index (κ1) is 14.9. The van der Waals surface area contributed by atoms with Crippen molar-refractivity contribution < 1.29 is 4.74 Å². The average Bonchev–Trinajstić information content (AvgIpc) is 2.45. The van der Waals surface area contributed by atoms with E-state index in [1.54, 1.807) is 7.11 Å². The van der Waals surface area contributed by atoms with Crippen molar-refractivity contribution in [1.29, 1.82) is 0 Å². The van der Waals surface area contributed by atoms with Crippen molar-refractivity contribution in [3.05, 3.63) is 64.2 Å². The standard InChI is InChI=1S/C17H20ClNO/c1-12-6-4-5-7-16(12)13(2)19-11-14-10-15(18)8-9-17(14)20-3/h4-10,13,19H,11H2,1-3H3/t13-/m1/s1. The quantitative estimate of drug-likeness (QED) is 0.874. The van der Waals surface area contributed by atoms with E-state index >= 15 is 0 Å². The molecule has 3 heteroatoms. The van der Waals surface area contributed by atoms with E-state index in [1.165, 1.54) is 11.1 Å². The zero-order chi connectivity index (χ0) is 14.5. The van der Waals surface area contributed by atoms with Gasteiger partial charge in [-0.25, -0.2) is 0 Å². The van der Waals surface area contributed by atoms with Crippen LogP contribution in [0.1, 0.15) is 29.7 Å². The SMILES string of the molecule is COc1ccc(Cl)cc1CN[C@H](C)c1ccccc1C. The Balaban J connectivity index is 2.09. The molecule has 0 aliphatic rings. The Bertz CT molecular complexity index is 583. The molecule has 106 valence electrons. The first-order valence-electron chi connectivity index (χ1n) is 6.73. The predicted molar refractivity (Wildman–Crippen MR) is 84.4 cm³/mol. The maximum atomic E-state index is 6.05. The van der Waals surface area contributed by atoms with Crippen LogP contribution in [0, 0.1) is 6.92 Å². The summed E-state index contributed by atoms with van der Waals surface area (Å²) in [5.74, 6) is 0.860. The Morgan fingerprint density at radius 3 is 2.65 bits per heavy atom. The third-order valence-electron chi connectivity index (χ3n) is 3.50. The zero-order valence-electron chi connectivity index (χ0n) is 12.1. The number of hydrogen-bond acceptors (Lipinski definition) is 2. The summed E-state index contributed by atoms with van der Waals surface area (Å²) >= 11 is 6.05. The molecule has 0 amide bonds. The fraction of sp³-hybridized carbons (Fsp3) is 0.294. The Morgan fingerprint density at radius 2 is 1.95 bits per heavy atom. The second kappa shape index (κ2) is 6.78. The predicted octanol–water partition coefficient (Wildman–Crippen LogP) is 4.51. The van der Waals surface area contributed by atoms with Crippen LogP contribution in [0.5, 0.6) is 5.75 Å². The van der Waals surface area contributed by atoms with Crippen molar-refractivity contribution in [2.24, 2.45) is 0 Å². The second-order valence-electron chi connectivity index (χ2n) is 4.92. The van der Waals surface area contributed by atoms with E-state index in [4.69, 9.17) is 16.3 Å². The number of nitrogens with one attached hydrogen (secondary N) is 1. The molecule has 0 bridgehead atoms. The number of rotatable bonds is 5. The average molecular weight is 290 g/mol. The van der Waals surface area contributed by atoms with Crippen molar-refractivity contribution in [2.45, 2.75) is 26.4 Å². The molecule has 2 aromatic rings. The minimum Gasteiger partial charge on any atom is -0.496 e. The summed E-state index contributed by atoms with van der Waals surface area (Å²) in [6.07, 6.45) is 0. The lowest BCUT2D eigenvalue weighted by Crippen LogP contribution is -2.19. The lowest BCUT2D eigenvalue weighted by atomic mass is 10.0. The van der Waals surface area contributed by atoms with Gasteiger partial charge in [0.25, 0.3) is 0 Å². The molecule has 0 aliphatic heterocycles. The maximum Gasteiger partial charge on any atom is 0.123 e. The molecule has 2 nitrogen and oxygen atoms in total. The first-order valence-corrected chi connectivity index (χ1v) is 7.11. The molecule has 0 fully saturated rings. The van der Waals surface area contributed by atoms with E-state index in [-0.39, 0.29) is 6.04 Å². The van der Waals surface area contributed by atoms with Crippen LogP contribution in [0.15, 0.2) is 42.5 Å². The molecule has 20 heavy (non-hydrogen) atoms. The summed E-state index contributed by atoms with van der Waals surface area (Å²) in [6.45, 7) is 5.02. The number of methoxy groups -OCH3 is 1. The largest absolute Gasteiger partial charge is 0.496 e. The summed E-state index contributed by atoms with van der Waals surface area (Å²) in [6, 6.07) is 14.4. The van der Waals surface area contributed by atoms with Crippen molar-refractivity contribution in [3.63, 3.8) is 0 Å². The van der Waals surface area contributed by atoms with Crippen LogP contribution < -0.4 is 10.1 Å². The van der Waals surface area contributed by atoms with Crippen molar-refractivity contribution >= 4 is 11.6 Å². The van der Waals surface area contributed by atoms with Gasteiger partial charge in [0.05, 0.1) is 7.11 Å². The second-order valence-corrected chi connectivity index (χ2v) is 5.35. The normalized spacial score (nSPS) is 12.2. The molecule has 0 spiro atoms. The molecule has 0 radical (unpaired) electrons. The number of ether oxygens (including phenoxy) is 1. The Labute approximate surface area is 125 Å². The Morgan fingerprint density at radius 1 is 1.20 bits per heavy atom. The lowest BCUT2D eigenvalue weighted by molar-refractivity contribution is 0.406. The molecule has 1 N–H and O–H groups in total. The molecule has 0 aromatic heterocycles. The summed E-state index contributed by atoms with van der Waals surface area (Å²) in [4.78, 5) is 0. The van der Waals surface area contributed by atoms with E-state index in [1.807, 2.05) is 18.2 Å². The number of halogens is 1. The van der Waals surface area contributed by atoms with E-state index in [2.05, 4.69) is 43.4 Å². The van der Waals surface area contributed by atoms with Crippen molar-refractivity contribution in [1.82, 2.24) is 5.32 Å². The van der Waals surface area contributed by atoms with Crippen LogP contribution in [0.25, 0.3) is 0 Å². The maximum absolute atomic E-state index is 6.05. The van der Waals surface area contributed by atoms with Gasteiger partial charge in [0, 0.05) is 23.2 Å². The van der Waals surface area contributed by atoms with Crippen LogP contribution in [-0.4, -0.2) is 7.11 Å². The minimum atomic E-state index is 0.278. The van der Waals surface area contributed by atoms with Crippen molar-refractivity contribution in [2.75, 3.05) is 7.11 Å². The van der Waals surface area contributed by atoms with Gasteiger partial charge in [-0.3, -0.25) is 0 Å². The van der Waals surface area contributed by atoms with Gasteiger partial charge in [0.2, 0.25) is 0 Å². The highest BCUT2D eigenvalue weighted by Gasteiger charge is 2.09. The molecule has 1 atom stereocenters. The van der Waals surface area contributed by atoms with Gasteiger partial charge in [0.15, 0.2) is 0 Å². The molecule has 0 aliphatic carbocycles.